The highest BCUT2D eigenvalue weighted by atomic mass is 16.2. The van der Waals surface area contributed by atoms with Gasteiger partial charge < -0.3 is 20.1 Å². The number of aryl methyl sites for hydroxylation is 1. The number of aromatic amines is 1. The number of piperazine rings is 1. The lowest BCUT2D eigenvalue weighted by Gasteiger charge is -2.35. The molecule has 3 aromatic heterocycles. The maximum absolute atomic E-state index is 12.7. The molecule has 0 aromatic carbocycles. The van der Waals surface area contributed by atoms with Gasteiger partial charge in [-0.15, -0.1) is 0 Å². The largest absolute Gasteiger partial charge is 0.357 e. The first kappa shape index (κ1) is 19.0. The summed E-state index contributed by atoms with van der Waals surface area (Å²) in [6.07, 6.45) is 8.18. The minimum Gasteiger partial charge on any atom is -0.357 e. The van der Waals surface area contributed by atoms with Crippen LogP contribution in [-0.2, 0) is 18.3 Å². The first-order valence-corrected chi connectivity index (χ1v) is 9.89. The van der Waals surface area contributed by atoms with Crippen molar-refractivity contribution in [3.63, 3.8) is 0 Å². The van der Waals surface area contributed by atoms with Gasteiger partial charge in [0.1, 0.15) is 12.2 Å². The molecule has 9 nitrogen and oxygen atoms in total. The normalized spacial score (nSPS) is 15.4. The van der Waals surface area contributed by atoms with Gasteiger partial charge in [0.15, 0.2) is 5.96 Å². The molecule has 4 rings (SSSR count). The second-order valence-corrected chi connectivity index (χ2v) is 7.04. The number of rotatable bonds is 5. The minimum absolute atomic E-state index is 0.0533. The zero-order valence-corrected chi connectivity index (χ0v) is 16.8. The van der Waals surface area contributed by atoms with Gasteiger partial charge in [0.05, 0.1) is 11.9 Å². The summed E-state index contributed by atoms with van der Waals surface area (Å²) in [6, 6.07) is 4.01. The van der Waals surface area contributed by atoms with E-state index in [0.29, 0.717) is 19.6 Å². The summed E-state index contributed by atoms with van der Waals surface area (Å²) in [7, 11) is 1.85. The molecule has 152 valence electrons. The van der Waals surface area contributed by atoms with E-state index >= 15 is 0 Å². The Hall–Kier alpha value is -3.36. The van der Waals surface area contributed by atoms with Gasteiger partial charge >= 0.3 is 0 Å². The number of H-pyrrole nitrogens is 1. The summed E-state index contributed by atoms with van der Waals surface area (Å²) in [6.45, 7) is 5.08. The standard InChI is InChI=1S/C20H26N8O/c1-3-21-20(23-8-6-15-11-24-19-17(15)5-4-7-22-19)27-9-10-28(18(29)14-27)16-12-25-26(2)13-16/h4-5,7,11-13H,3,6,8-10,14H2,1-2H3,(H,21,23)(H,22,24). The number of fused-ring (bicyclic) bond motifs is 1. The van der Waals surface area contributed by atoms with Crippen molar-refractivity contribution in [3.05, 3.63) is 42.5 Å². The molecule has 0 spiro atoms. The van der Waals surface area contributed by atoms with Crippen LogP contribution in [-0.4, -0.2) is 69.2 Å². The number of pyridine rings is 1. The highest BCUT2D eigenvalue weighted by Gasteiger charge is 2.27. The number of guanidine groups is 1. The Morgan fingerprint density at radius 1 is 1.38 bits per heavy atom. The molecule has 1 fully saturated rings. The van der Waals surface area contributed by atoms with Crippen molar-refractivity contribution >= 4 is 28.6 Å². The zero-order valence-electron chi connectivity index (χ0n) is 16.8. The van der Waals surface area contributed by atoms with Crippen LogP contribution in [0.25, 0.3) is 11.0 Å². The van der Waals surface area contributed by atoms with E-state index in [1.807, 2.05) is 37.3 Å². The molecule has 0 saturated carbocycles. The van der Waals surface area contributed by atoms with Crippen molar-refractivity contribution in [2.24, 2.45) is 12.0 Å². The van der Waals surface area contributed by atoms with E-state index < -0.39 is 0 Å². The quantitative estimate of drug-likeness (QED) is 0.500. The van der Waals surface area contributed by atoms with E-state index in [0.717, 1.165) is 42.2 Å². The molecule has 0 atom stereocenters. The number of aromatic nitrogens is 4. The molecule has 1 aliphatic heterocycles. The fourth-order valence-electron chi connectivity index (χ4n) is 3.60. The first-order chi connectivity index (χ1) is 14.2. The van der Waals surface area contributed by atoms with Crippen LogP contribution in [0.3, 0.4) is 0 Å². The summed E-state index contributed by atoms with van der Waals surface area (Å²) >= 11 is 0. The molecule has 3 aromatic rings. The van der Waals surface area contributed by atoms with E-state index in [4.69, 9.17) is 4.99 Å². The molecule has 1 amide bonds. The average molecular weight is 394 g/mol. The molecule has 1 aliphatic rings. The lowest BCUT2D eigenvalue weighted by atomic mass is 10.1. The summed E-state index contributed by atoms with van der Waals surface area (Å²) in [5.74, 6) is 0.835. The summed E-state index contributed by atoms with van der Waals surface area (Å²) < 4.78 is 1.71. The Balaban J connectivity index is 1.41. The van der Waals surface area contributed by atoms with Crippen LogP contribution in [0.1, 0.15) is 12.5 Å². The van der Waals surface area contributed by atoms with Gasteiger partial charge in [-0.3, -0.25) is 14.5 Å². The number of hydrogen-bond donors (Lipinski definition) is 2. The van der Waals surface area contributed by atoms with Crippen LogP contribution in [0.5, 0.6) is 0 Å². The highest BCUT2D eigenvalue weighted by Crippen LogP contribution is 2.17. The van der Waals surface area contributed by atoms with Gasteiger partial charge in [0.2, 0.25) is 5.91 Å². The summed E-state index contributed by atoms with van der Waals surface area (Å²) in [4.78, 5) is 28.8. The van der Waals surface area contributed by atoms with Gasteiger partial charge in [-0.1, -0.05) is 0 Å². The number of nitrogens with one attached hydrogen (secondary N) is 2. The average Bonchev–Trinajstić information content (AvgIpc) is 3.34. The molecule has 9 heteroatoms. The smallest absolute Gasteiger partial charge is 0.246 e. The maximum atomic E-state index is 12.7. The van der Waals surface area contributed by atoms with Crippen molar-refractivity contribution in [2.75, 3.05) is 37.6 Å². The molecule has 1 saturated heterocycles. The van der Waals surface area contributed by atoms with Crippen molar-refractivity contribution in [3.8, 4) is 0 Å². The third-order valence-electron chi connectivity index (χ3n) is 5.04. The second-order valence-electron chi connectivity index (χ2n) is 7.04. The van der Waals surface area contributed by atoms with Crippen molar-refractivity contribution in [2.45, 2.75) is 13.3 Å². The number of anilines is 1. The molecule has 29 heavy (non-hydrogen) atoms. The summed E-state index contributed by atoms with van der Waals surface area (Å²) in [5.41, 5.74) is 2.94. The van der Waals surface area contributed by atoms with Crippen LogP contribution in [0, 0.1) is 0 Å². The molecule has 0 aliphatic carbocycles. The molecule has 0 radical (unpaired) electrons. The lowest BCUT2D eigenvalue weighted by Crippen LogP contribution is -2.55. The van der Waals surface area contributed by atoms with Gasteiger partial charge in [0.25, 0.3) is 0 Å². The first-order valence-electron chi connectivity index (χ1n) is 9.89. The van der Waals surface area contributed by atoms with E-state index in [1.54, 1.807) is 22.0 Å². The minimum atomic E-state index is 0.0533. The van der Waals surface area contributed by atoms with E-state index in [9.17, 15) is 4.79 Å². The molecule has 0 unspecified atom stereocenters. The SMILES string of the molecule is CCNC(=NCCc1c[nH]c2ncccc12)N1CCN(c2cnn(C)c2)C(=O)C1. The fraction of sp³-hybridized carbons (Fsp3) is 0.400. The van der Waals surface area contributed by atoms with Gasteiger partial charge in [0, 0.05) is 57.2 Å². The van der Waals surface area contributed by atoms with Crippen molar-refractivity contribution in [1.29, 1.82) is 0 Å². The van der Waals surface area contributed by atoms with Gasteiger partial charge in [-0.05, 0) is 31.0 Å². The Kier molecular flexibility index (Phi) is 5.46. The number of aliphatic imine (C=N–C) groups is 1. The van der Waals surface area contributed by atoms with Crippen LogP contribution in [0.2, 0.25) is 0 Å². The topological polar surface area (TPSA) is 94.4 Å². The Morgan fingerprint density at radius 3 is 3.03 bits per heavy atom. The third-order valence-corrected chi connectivity index (χ3v) is 5.04. The maximum Gasteiger partial charge on any atom is 0.246 e. The van der Waals surface area contributed by atoms with Crippen LogP contribution in [0.15, 0.2) is 41.9 Å². The Labute approximate surface area is 169 Å². The lowest BCUT2D eigenvalue weighted by molar-refractivity contribution is -0.120. The Bertz CT molecular complexity index is 1020. The highest BCUT2D eigenvalue weighted by molar-refractivity contribution is 5.98. The number of hydrogen-bond acceptors (Lipinski definition) is 4. The predicted molar refractivity (Wildman–Crippen MR) is 113 cm³/mol. The Morgan fingerprint density at radius 2 is 2.28 bits per heavy atom. The van der Waals surface area contributed by atoms with Crippen LogP contribution < -0.4 is 10.2 Å². The van der Waals surface area contributed by atoms with Crippen LogP contribution in [0.4, 0.5) is 5.69 Å². The van der Waals surface area contributed by atoms with Crippen LogP contribution >= 0.6 is 0 Å². The predicted octanol–water partition coefficient (Wildman–Crippen LogP) is 1.15. The van der Waals surface area contributed by atoms with E-state index in [-0.39, 0.29) is 5.91 Å². The monoisotopic (exact) mass is 394 g/mol. The van der Waals surface area contributed by atoms with Crippen molar-refractivity contribution in [1.82, 2.24) is 30.0 Å². The molecule has 2 N–H and O–H groups in total. The second kappa shape index (κ2) is 8.34. The number of amides is 1. The van der Waals surface area contributed by atoms with E-state index in [2.05, 4.69) is 26.4 Å². The van der Waals surface area contributed by atoms with Gasteiger partial charge in [-0.2, -0.15) is 5.10 Å². The van der Waals surface area contributed by atoms with E-state index in [1.165, 1.54) is 5.56 Å². The number of carbonyl (C=O) groups excluding carboxylic acids is 1. The molecular weight excluding hydrogens is 368 g/mol. The zero-order chi connectivity index (χ0) is 20.2. The molecule has 4 heterocycles. The fourth-order valence-corrected chi connectivity index (χ4v) is 3.60. The van der Waals surface area contributed by atoms with Gasteiger partial charge in [-0.25, -0.2) is 4.98 Å². The molecule has 0 bridgehead atoms. The summed E-state index contributed by atoms with van der Waals surface area (Å²) in [5, 5.41) is 8.61. The number of nitrogens with zero attached hydrogens (tertiary/aromatic N) is 6. The number of carbonyl (C=O) groups is 1. The molecular formula is C20H26N8O. The van der Waals surface area contributed by atoms with Crippen molar-refractivity contribution < 1.29 is 4.79 Å². The third kappa shape index (κ3) is 4.08.